The molecule has 10 nitrogen and oxygen atoms in total. The van der Waals surface area contributed by atoms with Crippen LogP contribution in [0.1, 0.15) is 19.8 Å². The second-order valence-electron chi connectivity index (χ2n) is 10.5. The zero-order valence-electron chi connectivity index (χ0n) is 21.8. The summed E-state index contributed by atoms with van der Waals surface area (Å²) in [5.41, 5.74) is 3.43. The summed E-state index contributed by atoms with van der Waals surface area (Å²) in [6.45, 7) is 10.6. The van der Waals surface area contributed by atoms with Crippen LogP contribution in [0.3, 0.4) is 0 Å². The Morgan fingerprint density at radius 3 is 2.68 bits per heavy atom. The highest BCUT2D eigenvalue weighted by Gasteiger charge is 2.34. The van der Waals surface area contributed by atoms with Gasteiger partial charge in [0, 0.05) is 32.0 Å². The zero-order valence-corrected chi connectivity index (χ0v) is 22.8. The van der Waals surface area contributed by atoms with E-state index in [1.807, 2.05) is 30.5 Å². The number of aromatic nitrogens is 6. The molecule has 4 aromatic rings. The van der Waals surface area contributed by atoms with Crippen LogP contribution >= 0.6 is 0 Å². The topological polar surface area (TPSA) is 99.7 Å². The summed E-state index contributed by atoms with van der Waals surface area (Å²) in [5.74, 6) is 1.23. The van der Waals surface area contributed by atoms with E-state index < -0.39 is 8.07 Å². The van der Waals surface area contributed by atoms with Gasteiger partial charge in [-0.1, -0.05) is 57.3 Å². The lowest BCUT2D eigenvalue weighted by atomic mass is 10.1. The molecule has 0 aliphatic carbocycles. The summed E-state index contributed by atoms with van der Waals surface area (Å²) in [6, 6.07) is 10.9. The Balaban J connectivity index is 1.32. The molecule has 11 heteroatoms. The third-order valence-corrected chi connectivity index (χ3v) is 8.10. The first-order valence-corrected chi connectivity index (χ1v) is 16.4. The maximum atomic E-state index is 12.4. The van der Waals surface area contributed by atoms with Crippen LogP contribution in [0.5, 0.6) is 0 Å². The fourth-order valence-corrected chi connectivity index (χ4v) is 5.07. The Morgan fingerprint density at radius 1 is 1.14 bits per heavy atom. The summed E-state index contributed by atoms with van der Waals surface area (Å²) in [4.78, 5) is 23.3. The lowest BCUT2D eigenvalue weighted by molar-refractivity contribution is 0.0785. The average molecular weight is 520 g/mol. The van der Waals surface area contributed by atoms with E-state index >= 15 is 0 Å². The van der Waals surface area contributed by atoms with Crippen LogP contribution < -0.4 is 4.90 Å². The average Bonchev–Trinajstić information content (AvgIpc) is 3.60. The lowest BCUT2D eigenvalue weighted by Crippen LogP contribution is -2.34. The Bertz CT molecular complexity index is 1380. The van der Waals surface area contributed by atoms with Crippen molar-refractivity contribution in [2.45, 2.75) is 58.2 Å². The van der Waals surface area contributed by atoms with Gasteiger partial charge < -0.3 is 9.47 Å². The molecule has 0 radical (unpaired) electrons. The number of nitrogens with zero attached hydrogens (tertiary/aromatic N) is 7. The highest BCUT2D eigenvalue weighted by atomic mass is 28.3. The van der Waals surface area contributed by atoms with Gasteiger partial charge in [-0.15, -0.1) is 5.10 Å². The van der Waals surface area contributed by atoms with E-state index in [4.69, 9.17) is 14.5 Å². The minimum absolute atomic E-state index is 0.00356. The lowest BCUT2D eigenvalue weighted by Gasteiger charge is -2.19. The summed E-state index contributed by atoms with van der Waals surface area (Å²) in [5, 5.41) is 9.01. The number of hydrogen-bond acceptors (Lipinski definition) is 7. The Labute approximate surface area is 217 Å². The number of rotatable bonds is 10. The van der Waals surface area contributed by atoms with E-state index in [2.05, 4.69) is 41.7 Å². The largest absolute Gasteiger partial charge is 0.447 e. The number of carbonyl (C=O) groups is 1. The van der Waals surface area contributed by atoms with Gasteiger partial charge in [0.05, 0.1) is 12.2 Å². The molecule has 0 spiro atoms. The third-order valence-electron chi connectivity index (χ3n) is 6.39. The van der Waals surface area contributed by atoms with Crippen molar-refractivity contribution in [2.75, 3.05) is 18.1 Å². The van der Waals surface area contributed by atoms with Crippen molar-refractivity contribution in [2.24, 2.45) is 0 Å². The first-order valence-electron chi connectivity index (χ1n) is 12.7. The molecular weight excluding hydrogens is 486 g/mol. The van der Waals surface area contributed by atoms with Crippen LogP contribution in [-0.2, 0) is 16.2 Å². The van der Waals surface area contributed by atoms with Gasteiger partial charge in [-0.3, -0.25) is 4.90 Å². The van der Waals surface area contributed by atoms with Gasteiger partial charge in [0.15, 0.2) is 11.5 Å². The number of carbonyl (C=O) groups excluding carboxylic acids is 1. The molecule has 4 heterocycles. The molecular formula is C26H33N7O3Si. The van der Waals surface area contributed by atoms with Crippen molar-refractivity contribution >= 4 is 25.6 Å². The van der Waals surface area contributed by atoms with Crippen LogP contribution in [0.4, 0.5) is 10.6 Å². The number of benzene rings is 1. The van der Waals surface area contributed by atoms with Gasteiger partial charge in [-0.25, -0.2) is 24.0 Å². The molecule has 1 aromatic carbocycles. The Kier molecular flexibility index (Phi) is 7.07. The SMILES string of the molecule is CCC[C@H]1COC(=O)N1c1ccn2ncc(-c3ccc(-c4ncn(COCC[Si](C)(C)C)n4)cc3)c2n1. The first-order chi connectivity index (χ1) is 17.8. The molecule has 1 saturated heterocycles. The molecule has 5 rings (SSSR count). The van der Waals surface area contributed by atoms with Crippen LogP contribution in [0.2, 0.25) is 25.7 Å². The number of hydrogen-bond donors (Lipinski definition) is 0. The van der Waals surface area contributed by atoms with E-state index in [0.29, 0.717) is 30.6 Å². The van der Waals surface area contributed by atoms with Gasteiger partial charge in [0.2, 0.25) is 0 Å². The fourth-order valence-electron chi connectivity index (χ4n) is 4.31. The maximum Gasteiger partial charge on any atom is 0.415 e. The zero-order chi connectivity index (χ0) is 26.0. The smallest absolute Gasteiger partial charge is 0.415 e. The molecule has 0 N–H and O–H groups in total. The summed E-state index contributed by atoms with van der Waals surface area (Å²) < 4.78 is 14.5. The summed E-state index contributed by atoms with van der Waals surface area (Å²) in [6.07, 6.45) is 6.78. The Hall–Kier alpha value is -3.57. The summed E-state index contributed by atoms with van der Waals surface area (Å²) in [7, 11) is -1.11. The fraction of sp³-hybridized carbons (Fsp3) is 0.423. The van der Waals surface area contributed by atoms with Gasteiger partial charge >= 0.3 is 6.09 Å². The standard InChI is InChI=1S/C26H33N7O3Si/c1-5-6-21-16-36-26(34)33(21)23-11-12-32-25(29-23)22(15-28-32)19-7-9-20(10-8-19)24-27-17-31(30-24)18-35-13-14-37(2,3)4/h7-12,15,17,21H,5-6,13-14,16,18H2,1-4H3/t21-/m0/s1. The molecule has 1 fully saturated rings. The normalized spacial score (nSPS) is 16.1. The predicted molar refractivity (Wildman–Crippen MR) is 144 cm³/mol. The van der Waals surface area contributed by atoms with E-state index in [-0.39, 0.29) is 12.1 Å². The van der Waals surface area contributed by atoms with Crippen molar-refractivity contribution in [3.05, 3.63) is 49.1 Å². The molecule has 194 valence electrons. The van der Waals surface area contributed by atoms with Gasteiger partial charge in [-0.2, -0.15) is 5.10 Å². The highest BCUT2D eigenvalue weighted by Crippen LogP contribution is 2.29. The predicted octanol–water partition coefficient (Wildman–Crippen LogP) is 5.09. The van der Waals surface area contributed by atoms with Crippen LogP contribution in [0, 0.1) is 0 Å². The van der Waals surface area contributed by atoms with Crippen LogP contribution in [0.15, 0.2) is 49.1 Å². The first kappa shape index (κ1) is 25.1. The minimum atomic E-state index is -1.11. The number of fused-ring (bicyclic) bond motifs is 1. The number of cyclic esters (lactones) is 1. The maximum absolute atomic E-state index is 12.4. The van der Waals surface area contributed by atoms with Gasteiger partial charge in [-0.05, 0) is 24.1 Å². The second-order valence-corrected chi connectivity index (χ2v) is 16.2. The molecule has 1 amide bonds. The Morgan fingerprint density at radius 2 is 1.92 bits per heavy atom. The summed E-state index contributed by atoms with van der Waals surface area (Å²) >= 11 is 0. The quantitative estimate of drug-likeness (QED) is 0.212. The van der Waals surface area contributed by atoms with Crippen molar-refractivity contribution < 1.29 is 14.3 Å². The van der Waals surface area contributed by atoms with E-state index in [0.717, 1.165) is 42.2 Å². The van der Waals surface area contributed by atoms with Crippen molar-refractivity contribution in [1.29, 1.82) is 0 Å². The van der Waals surface area contributed by atoms with E-state index in [9.17, 15) is 4.79 Å². The highest BCUT2D eigenvalue weighted by molar-refractivity contribution is 6.76. The minimum Gasteiger partial charge on any atom is -0.447 e. The molecule has 0 saturated carbocycles. The number of amides is 1. The van der Waals surface area contributed by atoms with Crippen LogP contribution in [-0.4, -0.2) is 62.8 Å². The molecule has 37 heavy (non-hydrogen) atoms. The van der Waals surface area contributed by atoms with E-state index in [1.165, 1.54) is 0 Å². The molecule has 1 aliphatic heterocycles. The van der Waals surface area contributed by atoms with Crippen molar-refractivity contribution in [3.63, 3.8) is 0 Å². The monoisotopic (exact) mass is 519 g/mol. The molecule has 1 atom stereocenters. The molecule has 0 bridgehead atoms. The van der Waals surface area contributed by atoms with Crippen molar-refractivity contribution in [3.8, 4) is 22.5 Å². The molecule has 1 aliphatic rings. The van der Waals surface area contributed by atoms with Crippen LogP contribution in [0.25, 0.3) is 28.2 Å². The van der Waals surface area contributed by atoms with E-state index in [1.54, 1.807) is 32.7 Å². The molecule has 3 aromatic heterocycles. The van der Waals surface area contributed by atoms with Crippen molar-refractivity contribution in [1.82, 2.24) is 29.4 Å². The second kappa shape index (κ2) is 10.4. The number of anilines is 1. The molecule has 0 unspecified atom stereocenters. The van der Waals surface area contributed by atoms with Gasteiger partial charge in [0.25, 0.3) is 0 Å². The van der Waals surface area contributed by atoms with Gasteiger partial charge in [0.1, 0.15) is 25.5 Å². The third kappa shape index (κ3) is 5.57. The number of ether oxygens (including phenoxy) is 2.